The number of benzene rings is 2. The van der Waals surface area contributed by atoms with Crippen molar-refractivity contribution in [2.45, 2.75) is 13.5 Å². The molecule has 0 aliphatic carbocycles. The van der Waals surface area contributed by atoms with Crippen LogP contribution < -0.4 is 9.64 Å². The van der Waals surface area contributed by atoms with Gasteiger partial charge in [-0.25, -0.2) is 0 Å². The van der Waals surface area contributed by atoms with E-state index in [1.54, 1.807) is 17.0 Å². The number of hydrogen-bond donors (Lipinski definition) is 1. The molecule has 0 atom stereocenters. The molecule has 3 rings (SSSR count). The monoisotopic (exact) mass is 269 g/mol. The van der Waals surface area contributed by atoms with Crippen molar-refractivity contribution in [2.24, 2.45) is 0 Å². The van der Waals surface area contributed by atoms with Crippen LogP contribution in [0.2, 0.25) is 0 Å². The second-order valence-electron chi connectivity index (χ2n) is 4.85. The Hall–Kier alpha value is -2.49. The Kier molecular flexibility index (Phi) is 3.06. The maximum absolute atomic E-state index is 12.1. The molecule has 2 aromatic rings. The van der Waals surface area contributed by atoms with Crippen LogP contribution in [0.1, 0.15) is 11.1 Å². The van der Waals surface area contributed by atoms with Crippen LogP contribution in [0.3, 0.4) is 0 Å². The maximum Gasteiger partial charge on any atom is 0.265 e. The zero-order valence-electron chi connectivity index (χ0n) is 11.2. The summed E-state index contributed by atoms with van der Waals surface area (Å²) in [6.07, 6.45) is 0. The van der Waals surface area contributed by atoms with Gasteiger partial charge >= 0.3 is 0 Å². The molecule has 4 heteroatoms. The van der Waals surface area contributed by atoms with Crippen molar-refractivity contribution in [3.63, 3.8) is 0 Å². The summed E-state index contributed by atoms with van der Waals surface area (Å²) in [4.78, 5) is 13.8. The minimum absolute atomic E-state index is 0.00232. The molecule has 1 amide bonds. The van der Waals surface area contributed by atoms with Gasteiger partial charge in [0.2, 0.25) is 0 Å². The molecule has 0 saturated heterocycles. The zero-order valence-corrected chi connectivity index (χ0v) is 11.2. The molecule has 2 aromatic carbocycles. The van der Waals surface area contributed by atoms with Crippen molar-refractivity contribution in [1.29, 1.82) is 0 Å². The number of amides is 1. The average Bonchev–Trinajstić information content (AvgIpc) is 2.44. The smallest absolute Gasteiger partial charge is 0.265 e. The summed E-state index contributed by atoms with van der Waals surface area (Å²) in [6.45, 7) is 2.53. The summed E-state index contributed by atoms with van der Waals surface area (Å²) >= 11 is 0. The Balaban J connectivity index is 1.97. The van der Waals surface area contributed by atoms with E-state index in [9.17, 15) is 9.90 Å². The lowest BCUT2D eigenvalue weighted by atomic mass is 10.1. The molecule has 0 radical (unpaired) electrons. The summed E-state index contributed by atoms with van der Waals surface area (Å²) in [5, 5.41) is 9.49. The molecule has 0 fully saturated rings. The first-order valence-electron chi connectivity index (χ1n) is 6.46. The number of hydrogen-bond acceptors (Lipinski definition) is 3. The quantitative estimate of drug-likeness (QED) is 0.911. The number of rotatable bonds is 2. The lowest BCUT2D eigenvalue weighted by molar-refractivity contribution is -0.121. The third-order valence-corrected chi connectivity index (χ3v) is 3.48. The van der Waals surface area contributed by atoms with E-state index >= 15 is 0 Å². The van der Waals surface area contributed by atoms with Crippen molar-refractivity contribution in [3.8, 4) is 11.5 Å². The molecule has 0 unspecified atom stereocenters. The van der Waals surface area contributed by atoms with E-state index < -0.39 is 0 Å². The predicted octanol–water partition coefficient (Wildman–Crippen LogP) is 2.63. The third-order valence-electron chi connectivity index (χ3n) is 3.48. The first-order valence-corrected chi connectivity index (χ1v) is 6.46. The van der Waals surface area contributed by atoms with E-state index in [1.807, 2.05) is 31.2 Å². The molecule has 20 heavy (non-hydrogen) atoms. The van der Waals surface area contributed by atoms with Gasteiger partial charge in [-0.2, -0.15) is 0 Å². The number of phenolic OH excluding ortho intramolecular Hbond substituents is 1. The zero-order chi connectivity index (χ0) is 14.1. The topological polar surface area (TPSA) is 49.8 Å². The predicted molar refractivity (Wildman–Crippen MR) is 76.0 cm³/mol. The molecule has 102 valence electrons. The molecule has 1 aliphatic rings. The molecule has 0 aromatic heterocycles. The number of aryl methyl sites for hydroxylation is 1. The van der Waals surface area contributed by atoms with Gasteiger partial charge in [-0.15, -0.1) is 0 Å². The highest BCUT2D eigenvalue weighted by atomic mass is 16.5. The highest BCUT2D eigenvalue weighted by Gasteiger charge is 2.26. The second kappa shape index (κ2) is 4.89. The number of carbonyl (C=O) groups excluding carboxylic acids is 1. The summed E-state index contributed by atoms with van der Waals surface area (Å²) < 4.78 is 5.36. The summed E-state index contributed by atoms with van der Waals surface area (Å²) in [5.74, 6) is 0.596. The van der Waals surface area contributed by atoms with Gasteiger partial charge in [-0.1, -0.05) is 24.3 Å². The molecular weight excluding hydrogens is 254 g/mol. The van der Waals surface area contributed by atoms with Crippen LogP contribution in [0.5, 0.6) is 11.5 Å². The van der Waals surface area contributed by atoms with Crippen LogP contribution in [0.25, 0.3) is 0 Å². The number of anilines is 1. The van der Waals surface area contributed by atoms with Crippen molar-refractivity contribution in [1.82, 2.24) is 0 Å². The van der Waals surface area contributed by atoms with E-state index in [2.05, 4.69) is 0 Å². The summed E-state index contributed by atoms with van der Waals surface area (Å²) in [6, 6.07) is 12.8. The van der Waals surface area contributed by atoms with Crippen LogP contribution in [0.4, 0.5) is 5.69 Å². The van der Waals surface area contributed by atoms with Crippen molar-refractivity contribution in [2.75, 3.05) is 11.5 Å². The van der Waals surface area contributed by atoms with Gasteiger partial charge in [0, 0.05) is 6.07 Å². The molecule has 0 saturated carbocycles. The largest absolute Gasteiger partial charge is 0.508 e. The normalized spacial score (nSPS) is 13.8. The van der Waals surface area contributed by atoms with Crippen LogP contribution >= 0.6 is 0 Å². The molecule has 0 spiro atoms. The van der Waals surface area contributed by atoms with Gasteiger partial charge in [-0.05, 0) is 30.2 Å². The van der Waals surface area contributed by atoms with Crippen LogP contribution in [0.15, 0.2) is 42.5 Å². The Morgan fingerprint density at radius 1 is 1.25 bits per heavy atom. The summed E-state index contributed by atoms with van der Waals surface area (Å²) in [5.41, 5.74) is 2.94. The Bertz CT molecular complexity index is 667. The molecular formula is C16H15NO3. The number of nitrogens with zero attached hydrogens (tertiary/aromatic N) is 1. The molecule has 4 nitrogen and oxygen atoms in total. The standard InChI is InChI=1S/C16H15NO3/c1-11-4-2-3-5-12(11)9-17-14-7-6-13(18)8-15(14)20-10-16(17)19/h2-8,18H,9-10H2,1H3. The number of carbonyl (C=O) groups is 1. The first kappa shape index (κ1) is 12.5. The fourth-order valence-electron chi connectivity index (χ4n) is 2.32. The van der Waals surface area contributed by atoms with Gasteiger partial charge in [0.15, 0.2) is 6.61 Å². The molecule has 0 bridgehead atoms. The lowest BCUT2D eigenvalue weighted by Crippen LogP contribution is -2.38. The van der Waals surface area contributed by atoms with E-state index in [0.29, 0.717) is 18.0 Å². The second-order valence-corrected chi connectivity index (χ2v) is 4.85. The van der Waals surface area contributed by atoms with E-state index in [4.69, 9.17) is 4.74 Å². The van der Waals surface area contributed by atoms with Crippen molar-refractivity contribution in [3.05, 3.63) is 53.6 Å². The number of ether oxygens (including phenoxy) is 1. The number of aromatic hydroxyl groups is 1. The van der Waals surface area contributed by atoms with Gasteiger partial charge in [0.05, 0.1) is 12.2 Å². The fraction of sp³-hybridized carbons (Fsp3) is 0.188. The van der Waals surface area contributed by atoms with E-state index in [-0.39, 0.29) is 18.3 Å². The van der Waals surface area contributed by atoms with Gasteiger partial charge < -0.3 is 14.7 Å². The van der Waals surface area contributed by atoms with Crippen LogP contribution in [-0.4, -0.2) is 17.6 Å². The Morgan fingerprint density at radius 3 is 2.85 bits per heavy atom. The van der Waals surface area contributed by atoms with Gasteiger partial charge in [-0.3, -0.25) is 4.79 Å². The summed E-state index contributed by atoms with van der Waals surface area (Å²) in [7, 11) is 0. The van der Waals surface area contributed by atoms with Gasteiger partial charge in [0.25, 0.3) is 5.91 Å². The number of fused-ring (bicyclic) bond motifs is 1. The van der Waals surface area contributed by atoms with Crippen molar-refractivity contribution < 1.29 is 14.6 Å². The molecule has 1 aliphatic heterocycles. The Morgan fingerprint density at radius 2 is 2.05 bits per heavy atom. The lowest BCUT2D eigenvalue weighted by Gasteiger charge is -2.29. The van der Waals surface area contributed by atoms with E-state index in [1.165, 1.54) is 6.07 Å². The van der Waals surface area contributed by atoms with Crippen LogP contribution in [0, 0.1) is 6.92 Å². The minimum atomic E-state index is -0.0774. The SMILES string of the molecule is Cc1ccccc1CN1C(=O)COc2cc(O)ccc21. The van der Waals surface area contributed by atoms with E-state index in [0.717, 1.165) is 11.1 Å². The molecule has 1 heterocycles. The fourth-order valence-corrected chi connectivity index (χ4v) is 2.32. The third kappa shape index (κ3) is 2.20. The molecule has 1 N–H and O–H groups in total. The van der Waals surface area contributed by atoms with Crippen molar-refractivity contribution >= 4 is 11.6 Å². The average molecular weight is 269 g/mol. The van der Waals surface area contributed by atoms with Crippen LogP contribution in [-0.2, 0) is 11.3 Å². The first-order chi connectivity index (χ1) is 9.65. The number of phenols is 1. The maximum atomic E-state index is 12.1. The highest BCUT2D eigenvalue weighted by molar-refractivity contribution is 5.97. The highest BCUT2D eigenvalue weighted by Crippen LogP contribution is 2.35. The Labute approximate surface area is 117 Å². The van der Waals surface area contributed by atoms with Gasteiger partial charge in [0.1, 0.15) is 11.5 Å². The minimum Gasteiger partial charge on any atom is -0.508 e.